The third kappa shape index (κ3) is 4.02. The molecule has 2 aromatic heterocycles. The van der Waals surface area contributed by atoms with E-state index in [1.807, 2.05) is 6.07 Å². The zero-order valence-electron chi connectivity index (χ0n) is 14.1. The van der Waals surface area contributed by atoms with E-state index in [0.29, 0.717) is 22.2 Å². The Morgan fingerprint density at radius 3 is 2.89 bits per heavy atom. The summed E-state index contributed by atoms with van der Waals surface area (Å²) in [6, 6.07) is 11.5. The molecule has 0 spiro atoms. The van der Waals surface area contributed by atoms with Crippen LogP contribution in [0.25, 0.3) is 11.3 Å². The van der Waals surface area contributed by atoms with Crippen molar-refractivity contribution in [3.05, 3.63) is 63.8 Å². The maximum absolute atomic E-state index is 12.1. The third-order valence-corrected chi connectivity index (χ3v) is 4.14. The largest absolute Gasteiger partial charge is 0.486 e. The Hall–Kier alpha value is -3.51. The Kier molecular flexibility index (Phi) is 5.28. The van der Waals surface area contributed by atoms with Crippen molar-refractivity contribution in [1.82, 2.24) is 9.97 Å². The molecule has 0 aliphatic heterocycles. The van der Waals surface area contributed by atoms with Gasteiger partial charge in [-0.25, -0.2) is 9.78 Å². The summed E-state index contributed by atoms with van der Waals surface area (Å²) >= 11 is 1.26. The molecule has 0 atom stereocenters. The molecule has 0 aliphatic rings. The number of hydrogen-bond donors (Lipinski definition) is 2. The second kappa shape index (κ2) is 7.80. The van der Waals surface area contributed by atoms with E-state index >= 15 is 0 Å². The molecule has 2 N–H and O–H groups in total. The van der Waals surface area contributed by atoms with Crippen LogP contribution in [0.2, 0.25) is 0 Å². The predicted molar refractivity (Wildman–Crippen MR) is 96.8 cm³/mol. The number of carboxylic acid groups (broad SMARTS) is 1. The zero-order valence-corrected chi connectivity index (χ0v) is 14.9. The number of aromatic carboxylic acids is 1. The van der Waals surface area contributed by atoms with Crippen LogP contribution in [-0.4, -0.2) is 27.3 Å². The fourth-order valence-electron chi connectivity index (χ4n) is 2.32. The van der Waals surface area contributed by atoms with Crippen LogP contribution in [0.5, 0.6) is 5.75 Å². The molecule has 0 amide bonds. The van der Waals surface area contributed by atoms with Gasteiger partial charge in [-0.1, -0.05) is 23.9 Å². The number of H-pyrrole nitrogens is 1. The summed E-state index contributed by atoms with van der Waals surface area (Å²) in [6.07, 6.45) is 1.77. The van der Waals surface area contributed by atoms with Gasteiger partial charge in [0.2, 0.25) is 5.76 Å². The molecule has 0 saturated carbocycles. The lowest BCUT2D eigenvalue weighted by molar-refractivity contribution is 0.0658. The summed E-state index contributed by atoms with van der Waals surface area (Å²) in [5.41, 5.74) is 0.232. The number of rotatable bonds is 6. The molecule has 0 saturated heterocycles. The SMILES string of the molecule is CSc1nc(-c2cccc(OCc3ccc(C(=O)O)o3)c2)c(C#N)c(=O)[nH]1. The summed E-state index contributed by atoms with van der Waals surface area (Å²) in [4.78, 5) is 29.7. The highest BCUT2D eigenvalue weighted by molar-refractivity contribution is 7.98. The average molecular weight is 383 g/mol. The van der Waals surface area contributed by atoms with Crippen molar-refractivity contribution in [2.24, 2.45) is 0 Å². The Morgan fingerprint density at radius 2 is 2.22 bits per heavy atom. The molecule has 8 nitrogen and oxygen atoms in total. The van der Waals surface area contributed by atoms with Gasteiger partial charge in [-0.3, -0.25) is 4.79 Å². The van der Waals surface area contributed by atoms with Gasteiger partial charge in [0.15, 0.2) is 5.16 Å². The van der Waals surface area contributed by atoms with Crippen molar-refractivity contribution in [3.63, 3.8) is 0 Å². The molecule has 0 aliphatic carbocycles. The second-order valence-electron chi connectivity index (χ2n) is 5.30. The highest BCUT2D eigenvalue weighted by Crippen LogP contribution is 2.25. The van der Waals surface area contributed by atoms with Gasteiger partial charge >= 0.3 is 5.97 Å². The van der Waals surface area contributed by atoms with E-state index in [2.05, 4.69) is 9.97 Å². The number of furan rings is 1. The van der Waals surface area contributed by atoms with E-state index in [9.17, 15) is 14.9 Å². The Labute approximate surface area is 157 Å². The standard InChI is InChI=1S/C18H13N3O5S/c1-27-18-20-15(13(8-19)16(22)21-18)10-3-2-4-11(7-10)25-9-12-5-6-14(26-12)17(23)24/h2-7H,9H2,1H3,(H,23,24)(H,20,21,22). The van der Waals surface area contributed by atoms with Crippen LogP contribution in [0, 0.1) is 11.3 Å². The quantitative estimate of drug-likeness (QED) is 0.491. The first-order chi connectivity index (χ1) is 13.0. The van der Waals surface area contributed by atoms with Crippen LogP contribution in [0.4, 0.5) is 0 Å². The third-order valence-electron chi connectivity index (χ3n) is 3.56. The van der Waals surface area contributed by atoms with Crippen molar-refractivity contribution in [1.29, 1.82) is 5.26 Å². The smallest absolute Gasteiger partial charge is 0.371 e. The maximum atomic E-state index is 12.1. The summed E-state index contributed by atoms with van der Waals surface area (Å²) < 4.78 is 10.8. The van der Waals surface area contributed by atoms with Crippen LogP contribution < -0.4 is 10.3 Å². The number of nitrogens with zero attached hydrogens (tertiary/aromatic N) is 2. The van der Waals surface area contributed by atoms with Gasteiger partial charge < -0.3 is 19.2 Å². The average Bonchev–Trinajstić information content (AvgIpc) is 3.15. The van der Waals surface area contributed by atoms with Crippen molar-refractivity contribution >= 4 is 17.7 Å². The lowest BCUT2D eigenvalue weighted by Crippen LogP contribution is -2.14. The number of aromatic amines is 1. The molecule has 3 aromatic rings. The Morgan fingerprint density at radius 1 is 1.41 bits per heavy atom. The van der Waals surface area contributed by atoms with Crippen molar-refractivity contribution in [3.8, 4) is 23.1 Å². The van der Waals surface area contributed by atoms with E-state index in [-0.39, 0.29) is 23.6 Å². The van der Waals surface area contributed by atoms with Gasteiger partial charge in [0.05, 0.1) is 5.69 Å². The Bertz CT molecular complexity index is 1100. The van der Waals surface area contributed by atoms with Crippen molar-refractivity contribution in [2.45, 2.75) is 11.8 Å². The highest BCUT2D eigenvalue weighted by atomic mass is 32.2. The highest BCUT2D eigenvalue weighted by Gasteiger charge is 2.14. The second-order valence-corrected chi connectivity index (χ2v) is 6.09. The predicted octanol–water partition coefficient (Wildman–Crippen LogP) is 2.90. The van der Waals surface area contributed by atoms with Crippen LogP contribution in [-0.2, 0) is 6.61 Å². The van der Waals surface area contributed by atoms with E-state index < -0.39 is 11.5 Å². The van der Waals surface area contributed by atoms with Gasteiger partial charge in [-0.05, 0) is 30.5 Å². The number of aromatic nitrogens is 2. The van der Waals surface area contributed by atoms with Gasteiger partial charge in [0.25, 0.3) is 5.56 Å². The Balaban J connectivity index is 1.87. The molecular weight excluding hydrogens is 370 g/mol. The number of nitriles is 1. The molecule has 3 rings (SSSR count). The summed E-state index contributed by atoms with van der Waals surface area (Å²) in [6.45, 7) is 0.0285. The monoisotopic (exact) mass is 383 g/mol. The van der Waals surface area contributed by atoms with E-state index in [0.717, 1.165) is 0 Å². The molecule has 1 aromatic carbocycles. The molecule has 27 heavy (non-hydrogen) atoms. The number of benzene rings is 1. The first-order valence-corrected chi connectivity index (χ1v) is 8.88. The number of nitrogens with one attached hydrogen (secondary N) is 1. The van der Waals surface area contributed by atoms with E-state index in [1.165, 1.54) is 23.9 Å². The summed E-state index contributed by atoms with van der Waals surface area (Å²) in [5, 5.41) is 18.5. The topological polar surface area (TPSA) is 129 Å². The number of hydrogen-bond acceptors (Lipinski definition) is 7. The lowest BCUT2D eigenvalue weighted by Gasteiger charge is -2.08. The fraction of sp³-hybridized carbons (Fsp3) is 0.111. The molecule has 0 unspecified atom stereocenters. The molecular formula is C18H13N3O5S. The first-order valence-electron chi connectivity index (χ1n) is 7.65. The van der Waals surface area contributed by atoms with Crippen LogP contribution in [0.15, 0.2) is 50.8 Å². The molecule has 0 fully saturated rings. The molecule has 2 heterocycles. The summed E-state index contributed by atoms with van der Waals surface area (Å²) in [5.74, 6) is -0.512. The van der Waals surface area contributed by atoms with Crippen molar-refractivity contribution < 1.29 is 19.1 Å². The fourth-order valence-corrected chi connectivity index (χ4v) is 2.70. The number of carboxylic acids is 1. The van der Waals surface area contributed by atoms with Crippen molar-refractivity contribution in [2.75, 3.05) is 6.26 Å². The molecule has 9 heteroatoms. The molecule has 0 bridgehead atoms. The van der Waals surface area contributed by atoms with Crippen LogP contribution in [0.1, 0.15) is 21.9 Å². The number of carbonyl (C=O) groups is 1. The minimum atomic E-state index is -1.16. The van der Waals surface area contributed by atoms with Gasteiger partial charge in [0, 0.05) is 5.56 Å². The lowest BCUT2D eigenvalue weighted by atomic mass is 10.1. The molecule has 0 radical (unpaired) electrons. The first kappa shape index (κ1) is 18.3. The zero-order chi connectivity index (χ0) is 19.4. The van der Waals surface area contributed by atoms with Crippen LogP contribution >= 0.6 is 11.8 Å². The van der Waals surface area contributed by atoms with E-state index in [4.69, 9.17) is 14.3 Å². The normalized spacial score (nSPS) is 10.4. The maximum Gasteiger partial charge on any atom is 0.371 e. The minimum absolute atomic E-state index is 0.0285. The van der Waals surface area contributed by atoms with Gasteiger partial charge in [-0.15, -0.1) is 0 Å². The van der Waals surface area contributed by atoms with Crippen LogP contribution in [0.3, 0.4) is 0 Å². The van der Waals surface area contributed by atoms with E-state index in [1.54, 1.807) is 30.5 Å². The van der Waals surface area contributed by atoms with Gasteiger partial charge in [0.1, 0.15) is 29.7 Å². The minimum Gasteiger partial charge on any atom is -0.486 e. The summed E-state index contributed by atoms with van der Waals surface area (Å²) in [7, 11) is 0. The van der Waals surface area contributed by atoms with Gasteiger partial charge in [-0.2, -0.15) is 5.26 Å². The number of thioether (sulfide) groups is 1. The number of ether oxygens (including phenoxy) is 1. The molecule has 136 valence electrons.